The standard InChI is InChI=1S/C15H23NO2S/c1-12(2)13-4-6-14(7-5-13)15-8-10-16(11-9-15)19(3,17)18/h4-7,12,15H,8-11H2,1-3H3. The van der Waals surface area contributed by atoms with E-state index >= 15 is 0 Å². The van der Waals surface area contributed by atoms with Crippen LogP contribution in [-0.2, 0) is 10.0 Å². The number of benzene rings is 1. The zero-order valence-electron chi connectivity index (χ0n) is 12.0. The van der Waals surface area contributed by atoms with Gasteiger partial charge in [-0.2, -0.15) is 0 Å². The highest BCUT2D eigenvalue weighted by molar-refractivity contribution is 7.88. The molecule has 1 aromatic carbocycles. The minimum absolute atomic E-state index is 0.499. The first kappa shape index (κ1) is 14.5. The summed E-state index contributed by atoms with van der Waals surface area (Å²) < 4.78 is 24.5. The van der Waals surface area contributed by atoms with E-state index in [0.29, 0.717) is 24.9 Å². The lowest BCUT2D eigenvalue weighted by Crippen LogP contribution is -2.37. The second-order valence-corrected chi connectivity index (χ2v) is 7.74. The minimum Gasteiger partial charge on any atom is -0.213 e. The Morgan fingerprint density at radius 2 is 1.63 bits per heavy atom. The molecule has 19 heavy (non-hydrogen) atoms. The molecular formula is C15H23NO2S. The second-order valence-electron chi connectivity index (χ2n) is 5.76. The molecule has 106 valence electrons. The molecule has 0 unspecified atom stereocenters. The van der Waals surface area contributed by atoms with Crippen LogP contribution < -0.4 is 0 Å². The van der Waals surface area contributed by atoms with Crippen LogP contribution in [-0.4, -0.2) is 32.1 Å². The van der Waals surface area contributed by atoms with E-state index in [0.717, 1.165) is 12.8 Å². The molecule has 0 saturated carbocycles. The van der Waals surface area contributed by atoms with E-state index in [-0.39, 0.29) is 0 Å². The van der Waals surface area contributed by atoms with Crippen LogP contribution in [0.15, 0.2) is 24.3 Å². The van der Waals surface area contributed by atoms with E-state index in [1.807, 2.05) is 0 Å². The van der Waals surface area contributed by atoms with Gasteiger partial charge in [0, 0.05) is 13.1 Å². The average Bonchev–Trinajstić information content (AvgIpc) is 2.38. The van der Waals surface area contributed by atoms with Gasteiger partial charge in [-0.3, -0.25) is 0 Å². The number of hydrogen-bond acceptors (Lipinski definition) is 2. The molecule has 0 atom stereocenters. The average molecular weight is 281 g/mol. The lowest BCUT2D eigenvalue weighted by molar-refractivity contribution is 0.321. The second kappa shape index (κ2) is 5.63. The molecule has 0 amide bonds. The molecule has 0 radical (unpaired) electrons. The van der Waals surface area contributed by atoms with E-state index in [9.17, 15) is 8.42 Å². The van der Waals surface area contributed by atoms with Crippen LogP contribution in [0, 0.1) is 0 Å². The Balaban J connectivity index is 2.02. The van der Waals surface area contributed by atoms with Crippen molar-refractivity contribution in [1.82, 2.24) is 4.31 Å². The molecule has 1 heterocycles. The fraction of sp³-hybridized carbons (Fsp3) is 0.600. The fourth-order valence-electron chi connectivity index (χ4n) is 2.67. The van der Waals surface area contributed by atoms with Crippen molar-refractivity contribution < 1.29 is 8.42 Å². The van der Waals surface area contributed by atoms with Crippen molar-refractivity contribution in [2.75, 3.05) is 19.3 Å². The normalized spacial score (nSPS) is 18.9. The Bertz CT molecular complexity index is 512. The maximum Gasteiger partial charge on any atom is 0.211 e. The van der Waals surface area contributed by atoms with Crippen molar-refractivity contribution in [1.29, 1.82) is 0 Å². The zero-order valence-corrected chi connectivity index (χ0v) is 12.8. The maximum atomic E-state index is 11.5. The van der Waals surface area contributed by atoms with E-state index < -0.39 is 10.0 Å². The quantitative estimate of drug-likeness (QED) is 0.854. The number of hydrogen-bond donors (Lipinski definition) is 0. The number of rotatable bonds is 3. The Hall–Kier alpha value is -0.870. The SMILES string of the molecule is CC(C)c1ccc(C2CCN(S(C)(=O)=O)CC2)cc1. The number of sulfonamides is 1. The maximum absolute atomic E-state index is 11.5. The summed E-state index contributed by atoms with van der Waals surface area (Å²) in [5.41, 5.74) is 2.70. The molecule has 4 heteroatoms. The van der Waals surface area contributed by atoms with Crippen LogP contribution in [0.3, 0.4) is 0 Å². The predicted octanol–water partition coefficient (Wildman–Crippen LogP) is 2.95. The largest absolute Gasteiger partial charge is 0.213 e. The Kier molecular flexibility index (Phi) is 4.31. The molecule has 0 aliphatic carbocycles. The summed E-state index contributed by atoms with van der Waals surface area (Å²) in [7, 11) is -3.02. The summed E-state index contributed by atoms with van der Waals surface area (Å²) in [6, 6.07) is 8.80. The van der Waals surface area contributed by atoms with E-state index in [2.05, 4.69) is 38.1 Å². The molecule has 1 aromatic rings. The summed E-state index contributed by atoms with van der Waals surface area (Å²) in [6.07, 6.45) is 3.15. The molecule has 0 aromatic heterocycles. The fourth-order valence-corrected chi connectivity index (χ4v) is 3.55. The van der Waals surface area contributed by atoms with Gasteiger partial charge in [-0.1, -0.05) is 38.1 Å². The summed E-state index contributed by atoms with van der Waals surface area (Å²) in [5.74, 6) is 1.06. The molecule has 3 nitrogen and oxygen atoms in total. The first-order valence-corrected chi connectivity index (χ1v) is 8.77. The van der Waals surface area contributed by atoms with Crippen LogP contribution in [0.2, 0.25) is 0 Å². The zero-order chi connectivity index (χ0) is 14.0. The highest BCUT2D eigenvalue weighted by atomic mass is 32.2. The number of piperidine rings is 1. The molecule has 0 spiro atoms. The van der Waals surface area contributed by atoms with Gasteiger partial charge < -0.3 is 0 Å². The molecule has 1 aliphatic heterocycles. The Labute approximate surface area is 116 Å². The third-order valence-corrected chi connectivity index (χ3v) is 5.30. The highest BCUT2D eigenvalue weighted by Gasteiger charge is 2.25. The van der Waals surface area contributed by atoms with Gasteiger partial charge in [-0.05, 0) is 35.8 Å². The van der Waals surface area contributed by atoms with Gasteiger partial charge in [0.25, 0.3) is 0 Å². The van der Waals surface area contributed by atoms with Crippen molar-refractivity contribution in [2.45, 2.75) is 38.5 Å². The van der Waals surface area contributed by atoms with E-state index in [1.54, 1.807) is 4.31 Å². The molecule has 1 fully saturated rings. The van der Waals surface area contributed by atoms with Gasteiger partial charge in [0.1, 0.15) is 0 Å². The number of nitrogens with zero attached hydrogens (tertiary/aromatic N) is 1. The third-order valence-electron chi connectivity index (χ3n) is 4.00. The summed E-state index contributed by atoms with van der Waals surface area (Å²) in [5, 5.41) is 0. The minimum atomic E-state index is -3.02. The van der Waals surface area contributed by atoms with Gasteiger partial charge in [0.05, 0.1) is 6.26 Å². The summed E-state index contributed by atoms with van der Waals surface area (Å²) in [4.78, 5) is 0. The van der Waals surface area contributed by atoms with Crippen LogP contribution in [0.1, 0.15) is 49.7 Å². The molecule has 0 N–H and O–H groups in total. The van der Waals surface area contributed by atoms with Crippen LogP contribution in [0.4, 0.5) is 0 Å². The van der Waals surface area contributed by atoms with Crippen LogP contribution in [0.25, 0.3) is 0 Å². The summed E-state index contributed by atoms with van der Waals surface area (Å²) >= 11 is 0. The predicted molar refractivity (Wildman–Crippen MR) is 78.9 cm³/mol. The first-order valence-electron chi connectivity index (χ1n) is 6.93. The monoisotopic (exact) mass is 281 g/mol. The smallest absolute Gasteiger partial charge is 0.211 e. The van der Waals surface area contributed by atoms with Crippen molar-refractivity contribution in [3.63, 3.8) is 0 Å². The van der Waals surface area contributed by atoms with Crippen LogP contribution in [0.5, 0.6) is 0 Å². The van der Waals surface area contributed by atoms with Gasteiger partial charge >= 0.3 is 0 Å². The van der Waals surface area contributed by atoms with Crippen molar-refractivity contribution in [3.8, 4) is 0 Å². The van der Waals surface area contributed by atoms with Gasteiger partial charge in [0.15, 0.2) is 0 Å². The molecule has 1 saturated heterocycles. The van der Waals surface area contributed by atoms with E-state index in [1.165, 1.54) is 17.4 Å². The third kappa shape index (κ3) is 3.57. The summed E-state index contributed by atoms with van der Waals surface area (Å²) in [6.45, 7) is 5.68. The van der Waals surface area contributed by atoms with Crippen LogP contribution >= 0.6 is 0 Å². The molecule has 2 rings (SSSR count). The van der Waals surface area contributed by atoms with E-state index in [4.69, 9.17) is 0 Å². The van der Waals surface area contributed by atoms with Gasteiger partial charge in [-0.15, -0.1) is 0 Å². The highest BCUT2D eigenvalue weighted by Crippen LogP contribution is 2.29. The van der Waals surface area contributed by atoms with Gasteiger partial charge in [0.2, 0.25) is 10.0 Å². The first-order chi connectivity index (χ1) is 8.88. The van der Waals surface area contributed by atoms with Crippen molar-refractivity contribution >= 4 is 10.0 Å². The Morgan fingerprint density at radius 1 is 1.11 bits per heavy atom. The lowest BCUT2D eigenvalue weighted by Gasteiger charge is -2.30. The topological polar surface area (TPSA) is 37.4 Å². The lowest BCUT2D eigenvalue weighted by atomic mass is 9.89. The van der Waals surface area contributed by atoms with Crippen molar-refractivity contribution in [2.24, 2.45) is 0 Å². The Morgan fingerprint density at radius 3 is 2.05 bits per heavy atom. The molecule has 0 bridgehead atoms. The molecule has 1 aliphatic rings. The molecular weight excluding hydrogens is 258 g/mol. The van der Waals surface area contributed by atoms with Gasteiger partial charge in [-0.25, -0.2) is 12.7 Å². The van der Waals surface area contributed by atoms with Crippen molar-refractivity contribution in [3.05, 3.63) is 35.4 Å².